The number of anilines is 1. The molecule has 0 aliphatic heterocycles. The second-order valence-electron chi connectivity index (χ2n) is 8.71. The molecule has 0 bridgehead atoms. The lowest BCUT2D eigenvalue weighted by Crippen LogP contribution is -2.27. The first kappa shape index (κ1) is 21.3. The Balaban J connectivity index is 1.65. The largest absolute Gasteiger partial charge is 0.453 e. The van der Waals surface area contributed by atoms with Crippen LogP contribution in [-0.2, 0) is 9.53 Å². The summed E-state index contributed by atoms with van der Waals surface area (Å²) in [4.78, 5) is 37.6. The molecule has 156 valence electrons. The lowest BCUT2D eigenvalue weighted by Gasteiger charge is -2.16. The molecule has 0 saturated heterocycles. The van der Waals surface area contributed by atoms with Gasteiger partial charge in [-0.05, 0) is 51.3 Å². The summed E-state index contributed by atoms with van der Waals surface area (Å²) in [7, 11) is 0. The van der Waals surface area contributed by atoms with E-state index in [0.29, 0.717) is 27.0 Å². The van der Waals surface area contributed by atoms with Crippen molar-refractivity contribution in [2.75, 3.05) is 11.9 Å². The molecule has 1 amide bonds. The Morgan fingerprint density at radius 1 is 1.17 bits per heavy atom. The zero-order chi connectivity index (χ0) is 21.5. The summed E-state index contributed by atoms with van der Waals surface area (Å²) in [5.41, 5.74) is 2.79. The highest BCUT2D eigenvalue weighted by Crippen LogP contribution is 2.38. The van der Waals surface area contributed by atoms with E-state index in [-0.39, 0.29) is 18.3 Å². The molecule has 3 rings (SSSR count). The van der Waals surface area contributed by atoms with Gasteiger partial charge in [-0.1, -0.05) is 20.8 Å². The Labute approximate surface area is 175 Å². The number of esters is 1. The molecule has 2 aromatic heterocycles. The van der Waals surface area contributed by atoms with Gasteiger partial charge in [0.05, 0.1) is 5.00 Å². The van der Waals surface area contributed by atoms with E-state index >= 15 is 0 Å². The smallest absolute Gasteiger partial charge is 0.349 e. The third kappa shape index (κ3) is 4.61. The maximum Gasteiger partial charge on any atom is 0.349 e. The quantitative estimate of drug-likeness (QED) is 0.540. The summed E-state index contributed by atoms with van der Waals surface area (Å²) in [5.74, 6) is -0.873. The number of nitrogens with one attached hydrogen (secondary N) is 1. The second-order valence-corrected chi connectivity index (χ2v) is 9.76. The molecule has 2 aromatic rings. The molecule has 29 heavy (non-hydrogen) atoms. The highest BCUT2D eigenvalue weighted by molar-refractivity contribution is 7.18. The van der Waals surface area contributed by atoms with Crippen molar-refractivity contribution in [2.45, 2.75) is 60.4 Å². The van der Waals surface area contributed by atoms with Crippen molar-refractivity contribution >= 4 is 34.0 Å². The first-order chi connectivity index (χ1) is 13.5. The van der Waals surface area contributed by atoms with Crippen molar-refractivity contribution < 1.29 is 19.1 Å². The van der Waals surface area contributed by atoms with Gasteiger partial charge >= 0.3 is 5.97 Å². The minimum Gasteiger partial charge on any atom is -0.453 e. The van der Waals surface area contributed by atoms with E-state index in [9.17, 15) is 14.4 Å². The SMILES string of the molecule is Cc1cc(NC(=O)C(C)(C)C)sc1C(=O)OCC(=O)c1cc(C)n(C2CC2)c1C. The van der Waals surface area contributed by atoms with Crippen molar-refractivity contribution in [2.24, 2.45) is 5.41 Å². The van der Waals surface area contributed by atoms with Gasteiger partial charge < -0.3 is 14.6 Å². The highest BCUT2D eigenvalue weighted by Gasteiger charge is 2.29. The van der Waals surface area contributed by atoms with Crippen LogP contribution in [0.4, 0.5) is 5.00 Å². The van der Waals surface area contributed by atoms with Gasteiger partial charge in [-0.25, -0.2) is 4.79 Å². The van der Waals surface area contributed by atoms with E-state index in [4.69, 9.17) is 4.74 Å². The monoisotopic (exact) mass is 416 g/mol. The van der Waals surface area contributed by atoms with Gasteiger partial charge in [0.2, 0.25) is 11.7 Å². The zero-order valence-electron chi connectivity index (χ0n) is 17.8. The Bertz CT molecular complexity index is 974. The predicted molar refractivity (Wildman–Crippen MR) is 114 cm³/mol. The maximum atomic E-state index is 12.6. The predicted octanol–water partition coefficient (Wildman–Crippen LogP) is 4.83. The number of Topliss-reactive ketones (excluding diaryl/α,β-unsaturated/α-hetero) is 1. The fraction of sp³-hybridized carbons (Fsp3) is 0.500. The molecular weight excluding hydrogens is 388 g/mol. The topological polar surface area (TPSA) is 77.4 Å². The van der Waals surface area contributed by atoms with E-state index in [1.807, 2.05) is 40.7 Å². The Morgan fingerprint density at radius 2 is 1.83 bits per heavy atom. The van der Waals surface area contributed by atoms with Crippen LogP contribution in [0.1, 0.15) is 76.6 Å². The minimum atomic E-state index is -0.548. The standard InChI is InChI=1S/C22H28N2O4S/c1-12-9-18(23-21(27)22(4,5)6)29-19(12)20(26)28-11-17(25)16-10-13(2)24(14(16)3)15-7-8-15/h9-10,15H,7-8,11H2,1-6H3,(H,23,27). The number of aryl methyl sites for hydroxylation is 2. The van der Waals surface area contributed by atoms with Crippen molar-refractivity contribution in [3.63, 3.8) is 0 Å². The maximum absolute atomic E-state index is 12.6. The van der Waals surface area contributed by atoms with Crippen molar-refractivity contribution in [3.8, 4) is 0 Å². The number of hydrogen-bond donors (Lipinski definition) is 1. The number of carbonyl (C=O) groups is 3. The summed E-state index contributed by atoms with van der Waals surface area (Å²) in [6.07, 6.45) is 2.29. The molecule has 0 radical (unpaired) electrons. The van der Waals surface area contributed by atoms with E-state index in [2.05, 4.69) is 9.88 Å². The Morgan fingerprint density at radius 3 is 2.41 bits per heavy atom. The molecule has 0 aromatic carbocycles. The summed E-state index contributed by atoms with van der Waals surface area (Å²) in [6, 6.07) is 4.12. The van der Waals surface area contributed by atoms with Crippen LogP contribution in [0.3, 0.4) is 0 Å². The molecule has 1 saturated carbocycles. The van der Waals surface area contributed by atoms with Crippen LogP contribution < -0.4 is 5.32 Å². The fourth-order valence-corrected chi connectivity index (χ4v) is 4.24. The fourth-order valence-electron chi connectivity index (χ4n) is 3.27. The molecule has 0 atom stereocenters. The third-order valence-electron chi connectivity index (χ3n) is 5.05. The summed E-state index contributed by atoms with van der Waals surface area (Å²) < 4.78 is 7.49. The van der Waals surface area contributed by atoms with Crippen LogP contribution >= 0.6 is 11.3 Å². The number of amides is 1. The van der Waals surface area contributed by atoms with Gasteiger partial charge in [0.25, 0.3) is 0 Å². The number of nitrogens with zero attached hydrogens (tertiary/aromatic N) is 1. The van der Waals surface area contributed by atoms with E-state index in [1.165, 1.54) is 0 Å². The minimum absolute atomic E-state index is 0.125. The van der Waals surface area contributed by atoms with Gasteiger partial charge in [0.1, 0.15) is 4.88 Å². The van der Waals surface area contributed by atoms with Crippen LogP contribution in [0.2, 0.25) is 0 Å². The number of ether oxygens (including phenoxy) is 1. The number of carbonyl (C=O) groups excluding carboxylic acids is 3. The normalized spacial score (nSPS) is 14.0. The first-order valence-electron chi connectivity index (χ1n) is 9.79. The molecule has 0 spiro atoms. The van der Waals surface area contributed by atoms with Crippen molar-refractivity contribution in [3.05, 3.63) is 39.5 Å². The average Bonchev–Trinajstić information content (AvgIpc) is 3.32. The van der Waals surface area contributed by atoms with E-state index < -0.39 is 11.4 Å². The van der Waals surface area contributed by atoms with Gasteiger partial charge in [-0.3, -0.25) is 9.59 Å². The first-order valence-corrected chi connectivity index (χ1v) is 10.6. The molecular formula is C22H28N2O4S. The summed E-state index contributed by atoms with van der Waals surface area (Å²) in [6.45, 7) is 10.9. The molecule has 6 nitrogen and oxygen atoms in total. The second kappa shape index (κ2) is 7.78. The van der Waals surface area contributed by atoms with Crippen molar-refractivity contribution in [1.29, 1.82) is 0 Å². The summed E-state index contributed by atoms with van der Waals surface area (Å²) in [5, 5.41) is 3.42. The Kier molecular flexibility index (Phi) is 5.72. The molecule has 7 heteroatoms. The van der Waals surface area contributed by atoms with Crippen LogP contribution in [0.15, 0.2) is 12.1 Å². The van der Waals surface area contributed by atoms with Crippen LogP contribution in [-0.4, -0.2) is 28.8 Å². The van der Waals surface area contributed by atoms with Crippen molar-refractivity contribution in [1.82, 2.24) is 4.57 Å². The van der Waals surface area contributed by atoms with Crippen LogP contribution in [0.5, 0.6) is 0 Å². The molecule has 1 N–H and O–H groups in total. The number of hydrogen-bond acceptors (Lipinski definition) is 5. The van der Waals surface area contributed by atoms with Crippen LogP contribution in [0, 0.1) is 26.2 Å². The molecule has 0 unspecified atom stereocenters. The zero-order valence-corrected chi connectivity index (χ0v) is 18.7. The lowest BCUT2D eigenvalue weighted by atomic mass is 9.96. The summed E-state index contributed by atoms with van der Waals surface area (Å²) >= 11 is 1.16. The van der Waals surface area contributed by atoms with E-state index in [1.54, 1.807) is 13.0 Å². The van der Waals surface area contributed by atoms with Gasteiger partial charge in [0, 0.05) is 28.4 Å². The molecule has 1 aliphatic rings. The highest BCUT2D eigenvalue weighted by atomic mass is 32.1. The molecule has 1 aliphatic carbocycles. The number of thiophene rings is 1. The molecule has 1 fully saturated rings. The molecule has 2 heterocycles. The van der Waals surface area contributed by atoms with E-state index in [0.717, 1.165) is 35.6 Å². The van der Waals surface area contributed by atoms with Gasteiger partial charge in [0.15, 0.2) is 6.61 Å². The third-order valence-corrected chi connectivity index (χ3v) is 6.18. The number of ketones is 1. The number of rotatable bonds is 6. The number of aromatic nitrogens is 1. The van der Waals surface area contributed by atoms with Gasteiger partial charge in [-0.2, -0.15) is 0 Å². The Hall–Kier alpha value is -2.41. The lowest BCUT2D eigenvalue weighted by molar-refractivity contribution is -0.123. The van der Waals surface area contributed by atoms with Gasteiger partial charge in [-0.15, -0.1) is 11.3 Å². The van der Waals surface area contributed by atoms with Crippen LogP contribution in [0.25, 0.3) is 0 Å². The average molecular weight is 417 g/mol.